The van der Waals surface area contributed by atoms with E-state index in [0.29, 0.717) is 22.7 Å². The summed E-state index contributed by atoms with van der Waals surface area (Å²) in [6, 6.07) is 11.5. The Morgan fingerprint density at radius 1 is 1.13 bits per heavy atom. The van der Waals surface area contributed by atoms with Crippen LogP contribution in [0.1, 0.15) is 25.7 Å². The summed E-state index contributed by atoms with van der Waals surface area (Å²) in [6.45, 7) is 3.98. The molecule has 1 aromatic heterocycles. The van der Waals surface area contributed by atoms with Gasteiger partial charge in [-0.3, -0.25) is 4.72 Å². The van der Waals surface area contributed by atoms with Gasteiger partial charge in [-0.25, -0.2) is 13.4 Å². The van der Waals surface area contributed by atoms with Crippen LogP contribution in [0.2, 0.25) is 0 Å². The molecule has 0 amide bonds. The minimum Gasteiger partial charge on any atom is -0.440 e. The lowest BCUT2D eigenvalue weighted by Crippen LogP contribution is -2.12. The number of aromatic nitrogens is 1. The van der Waals surface area contributed by atoms with Crippen LogP contribution in [-0.2, 0) is 10.0 Å². The number of hydrogen-bond acceptors (Lipinski definition) is 4. The average molecular weight is 395 g/mol. The van der Waals surface area contributed by atoms with Gasteiger partial charge < -0.3 is 4.42 Å². The van der Waals surface area contributed by atoms with Crippen molar-refractivity contribution in [2.45, 2.75) is 24.7 Å². The highest BCUT2D eigenvalue weighted by molar-refractivity contribution is 9.10. The number of rotatable bonds is 4. The van der Waals surface area contributed by atoms with Gasteiger partial charge >= 0.3 is 0 Å². The van der Waals surface area contributed by atoms with E-state index in [4.69, 9.17) is 4.42 Å². The summed E-state index contributed by atoms with van der Waals surface area (Å²) in [7, 11) is -3.64. The molecule has 0 saturated heterocycles. The van der Waals surface area contributed by atoms with E-state index in [-0.39, 0.29) is 10.8 Å². The Kier molecular flexibility index (Phi) is 4.16. The maximum atomic E-state index is 12.4. The van der Waals surface area contributed by atoms with E-state index in [0.717, 1.165) is 4.47 Å². The third-order valence-corrected chi connectivity index (χ3v) is 5.20. The first-order chi connectivity index (χ1) is 10.8. The SMILES string of the molecule is CC(C)c1nc2ccc(NS(=O)(=O)c3ccc(Br)cc3)cc2o1. The summed E-state index contributed by atoms with van der Waals surface area (Å²) in [6.07, 6.45) is 0. The van der Waals surface area contributed by atoms with E-state index >= 15 is 0 Å². The number of halogens is 1. The summed E-state index contributed by atoms with van der Waals surface area (Å²) < 4.78 is 33.8. The van der Waals surface area contributed by atoms with Crippen molar-refractivity contribution >= 4 is 42.7 Å². The molecular weight excluding hydrogens is 380 g/mol. The summed E-state index contributed by atoms with van der Waals surface area (Å²) >= 11 is 3.29. The van der Waals surface area contributed by atoms with Crippen LogP contribution in [0.5, 0.6) is 0 Å². The van der Waals surface area contributed by atoms with Crippen molar-refractivity contribution in [3.05, 3.63) is 52.8 Å². The Labute approximate surface area is 142 Å². The number of fused-ring (bicyclic) bond motifs is 1. The standard InChI is InChI=1S/C16H15BrN2O3S/c1-10(2)16-18-14-8-5-12(9-15(14)22-16)19-23(20,21)13-6-3-11(17)4-7-13/h3-10,19H,1-2H3. The molecule has 1 heterocycles. The third kappa shape index (κ3) is 3.40. The highest BCUT2D eigenvalue weighted by atomic mass is 79.9. The topological polar surface area (TPSA) is 72.2 Å². The van der Waals surface area contributed by atoms with Gasteiger partial charge in [0.15, 0.2) is 11.5 Å². The second kappa shape index (κ2) is 5.98. The minimum absolute atomic E-state index is 0.172. The molecule has 0 bridgehead atoms. The lowest BCUT2D eigenvalue weighted by Gasteiger charge is -2.07. The molecule has 0 fully saturated rings. The van der Waals surface area contributed by atoms with Gasteiger partial charge in [0.05, 0.1) is 10.6 Å². The molecule has 0 atom stereocenters. The first-order valence-corrected chi connectivity index (χ1v) is 9.31. The smallest absolute Gasteiger partial charge is 0.261 e. The molecule has 1 N–H and O–H groups in total. The minimum atomic E-state index is -3.64. The number of sulfonamides is 1. The van der Waals surface area contributed by atoms with E-state index in [1.807, 2.05) is 13.8 Å². The summed E-state index contributed by atoms with van der Waals surface area (Å²) in [4.78, 5) is 4.56. The molecule has 120 valence electrons. The Morgan fingerprint density at radius 3 is 2.48 bits per heavy atom. The van der Waals surface area contributed by atoms with Gasteiger partial charge in [0.1, 0.15) is 5.52 Å². The zero-order valence-electron chi connectivity index (χ0n) is 12.6. The van der Waals surface area contributed by atoms with E-state index in [2.05, 4.69) is 25.6 Å². The largest absolute Gasteiger partial charge is 0.440 e. The molecule has 3 rings (SSSR count). The average Bonchev–Trinajstić information content (AvgIpc) is 2.90. The summed E-state index contributed by atoms with van der Waals surface area (Å²) in [5, 5.41) is 0. The van der Waals surface area contributed by atoms with Gasteiger partial charge in [-0.15, -0.1) is 0 Å². The van der Waals surface area contributed by atoms with Crippen LogP contribution in [0.3, 0.4) is 0 Å². The van der Waals surface area contributed by atoms with Crippen molar-refractivity contribution < 1.29 is 12.8 Å². The monoisotopic (exact) mass is 394 g/mol. The quantitative estimate of drug-likeness (QED) is 0.705. The van der Waals surface area contributed by atoms with Gasteiger partial charge in [0.25, 0.3) is 10.0 Å². The number of anilines is 1. The molecule has 0 aliphatic rings. The Morgan fingerprint density at radius 2 is 1.83 bits per heavy atom. The Hall–Kier alpha value is -1.86. The molecule has 0 aliphatic carbocycles. The Bertz CT molecular complexity index is 947. The van der Waals surface area contributed by atoms with Crippen molar-refractivity contribution in [2.24, 2.45) is 0 Å². The predicted octanol–water partition coefficient (Wildman–Crippen LogP) is 4.51. The fraction of sp³-hybridized carbons (Fsp3) is 0.188. The first kappa shape index (κ1) is 16.0. The second-order valence-corrected chi connectivity index (χ2v) is 8.05. The number of nitrogens with zero attached hydrogens (tertiary/aromatic N) is 1. The zero-order valence-corrected chi connectivity index (χ0v) is 15.0. The molecule has 5 nitrogen and oxygen atoms in total. The highest BCUT2D eigenvalue weighted by Crippen LogP contribution is 2.25. The summed E-state index contributed by atoms with van der Waals surface area (Å²) in [5.74, 6) is 0.804. The van der Waals surface area contributed by atoms with Gasteiger partial charge in [0.2, 0.25) is 0 Å². The van der Waals surface area contributed by atoms with Crippen LogP contribution in [0.4, 0.5) is 5.69 Å². The van der Waals surface area contributed by atoms with Crippen LogP contribution >= 0.6 is 15.9 Å². The molecule has 2 aromatic carbocycles. The number of nitrogens with one attached hydrogen (secondary N) is 1. The number of hydrogen-bond donors (Lipinski definition) is 1. The first-order valence-electron chi connectivity index (χ1n) is 7.04. The summed E-state index contributed by atoms with van der Waals surface area (Å²) in [5.41, 5.74) is 1.71. The zero-order chi connectivity index (χ0) is 16.6. The lowest BCUT2D eigenvalue weighted by atomic mass is 10.2. The van der Waals surface area contributed by atoms with Crippen molar-refractivity contribution in [2.75, 3.05) is 4.72 Å². The van der Waals surface area contributed by atoms with Crippen molar-refractivity contribution in [1.82, 2.24) is 4.98 Å². The molecule has 0 aliphatic heterocycles. The van der Waals surface area contributed by atoms with Crippen molar-refractivity contribution in [1.29, 1.82) is 0 Å². The lowest BCUT2D eigenvalue weighted by molar-refractivity contribution is 0.501. The van der Waals surface area contributed by atoms with Crippen LogP contribution in [-0.4, -0.2) is 13.4 Å². The molecule has 7 heteroatoms. The fourth-order valence-corrected chi connectivity index (χ4v) is 3.39. The van der Waals surface area contributed by atoms with Crippen LogP contribution < -0.4 is 4.72 Å². The van der Waals surface area contributed by atoms with E-state index in [1.165, 1.54) is 12.1 Å². The molecule has 0 spiro atoms. The van der Waals surface area contributed by atoms with Crippen molar-refractivity contribution in [3.63, 3.8) is 0 Å². The van der Waals surface area contributed by atoms with Crippen LogP contribution in [0.25, 0.3) is 11.1 Å². The molecule has 0 saturated carbocycles. The second-order valence-electron chi connectivity index (χ2n) is 5.45. The Balaban J connectivity index is 1.92. The molecule has 0 unspecified atom stereocenters. The van der Waals surface area contributed by atoms with Gasteiger partial charge in [-0.1, -0.05) is 29.8 Å². The molecular formula is C16H15BrN2O3S. The van der Waals surface area contributed by atoms with E-state index < -0.39 is 10.0 Å². The molecule has 23 heavy (non-hydrogen) atoms. The molecule has 3 aromatic rings. The van der Waals surface area contributed by atoms with Gasteiger partial charge in [-0.2, -0.15) is 0 Å². The normalized spacial score (nSPS) is 12.0. The van der Waals surface area contributed by atoms with Crippen molar-refractivity contribution in [3.8, 4) is 0 Å². The van der Waals surface area contributed by atoms with Gasteiger partial charge in [-0.05, 0) is 36.4 Å². The van der Waals surface area contributed by atoms with E-state index in [9.17, 15) is 8.42 Å². The van der Waals surface area contributed by atoms with Crippen LogP contribution in [0, 0.1) is 0 Å². The number of oxazole rings is 1. The van der Waals surface area contributed by atoms with Crippen LogP contribution in [0.15, 0.2) is 56.2 Å². The maximum absolute atomic E-state index is 12.4. The predicted molar refractivity (Wildman–Crippen MR) is 93.0 cm³/mol. The maximum Gasteiger partial charge on any atom is 0.261 e. The number of benzene rings is 2. The van der Waals surface area contributed by atoms with Gasteiger partial charge in [0, 0.05) is 16.5 Å². The molecule has 0 radical (unpaired) electrons. The fourth-order valence-electron chi connectivity index (χ4n) is 2.08. The van der Waals surface area contributed by atoms with E-state index in [1.54, 1.807) is 30.3 Å². The third-order valence-electron chi connectivity index (χ3n) is 3.28. The highest BCUT2D eigenvalue weighted by Gasteiger charge is 2.15.